The number of fused-ring (bicyclic) bond motifs is 1. The maximum absolute atomic E-state index is 12.4. The first-order valence-corrected chi connectivity index (χ1v) is 8.72. The molecule has 2 N–H and O–H groups in total. The Morgan fingerprint density at radius 2 is 2.38 bits per heavy atom. The molecule has 4 atom stereocenters. The lowest BCUT2D eigenvalue weighted by Crippen LogP contribution is -2.62. The topological polar surface area (TPSA) is 93.3 Å². The zero-order valence-corrected chi connectivity index (χ0v) is 13.0. The Kier molecular flexibility index (Phi) is 4.04. The van der Waals surface area contributed by atoms with E-state index in [1.807, 2.05) is 6.92 Å². The van der Waals surface area contributed by atoms with Crippen molar-refractivity contribution in [2.75, 3.05) is 20.3 Å². The summed E-state index contributed by atoms with van der Waals surface area (Å²) in [5.41, 5.74) is 0. The molecule has 1 saturated heterocycles. The van der Waals surface area contributed by atoms with Crippen LogP contribution in [-0.2, 0) is 25.9 Å². The maximum atomic E-state index is 12.4. The number of methoxy groups -OCH3 is 1. The van der Waals surface area contributed by atoms with Gasteiger partial charge in [-0.3, -0.25) is 0 Å². The number of nitrogens with one attached hydrogen (secondary N) is 2. The van der Waals surface area contributed by atoms with Gasteiger partial charge in [-0.25, -0.2) is 18.1 Å². The molecule has 118 valence electrons. The molecule has 1 aliphatic heterocycles. The molecular formula is C13H21N3O4S. The van der Waals surface area contributed by atoms with Gasteiger partial charge in [-0.15, -0.1) is 0 Å². The standard InChI is InChI=1S/C13H21N3O4S/c1-3-10-14-6-11(15-10)21(17,18)16-12-8-4-5-20-13(8)9(12)7-19-2/h6,8-9,12-13,16H,3-5,7H2,1-2H3,(H,14,15)/t8-,9+,12+,13-/m0/s1. The maximum Gasteiger partial charge on any atom is 0.257 e. The van der Waals surface area contributed by atoms with E-state index in [2.05, 4.69) is 14.7 Å². The highest BCUT2D eigenvalue weighted by Gasteiger charge is 2.55. The third-order valence-corrected chi connectivity index (χ3v) is 5.78. The number of imidazole rings is 1. The van der Waals surface area contributed by atoms with Gasteiger partial charge in [0.1, 0.15) is 5.82 Å². The van der Waals surface area contributed by atoms with Crippen molar-refractivity contribution in [3.63, 3.8) is 0 Å². The lowest BCUT2D eigenvalue weighted by Gasteiger charge is -2.47. The molecular weight excluding hydrogens is 294 g/mol. The van der Waals surface area contributed by atoms with E-state index in [0.717, 1.165) is 6.42 Å². The Balaban J connectivity index is 1.75. The largest absolute Gasteiger partial charge is 0.384 e. The number of aryl methyl sites for hydroxylation is 1. The SMILES string of the molecule is CCc1ncc(S(=O)(=O)N[C@H]2[C@@H](COC)[C@H]3OCC[C@@H]23)[nH]1. The molecule has 2 aliphatic rings. The number of rotatable bonds is 6. The van der Waals surface area contributed by atoms with E-state index < -0.39 is 10.0 Å². The van der Waals surface area contributed by atoms with Crippen molar-refractivity contribution >= 4 is 10.0 Å². The molecule has 0 unspecified atom stereocenters. The molecule has 2 heterocycles. The smallest absolute Gasteiger partial charge is 0.257 e. The number of hydrogen-bond donors (Lipinski definition) is 2. The van der Waals surface area contributed by atoms with Crippen molar-refractivity contribution in [1.29, 1.82) is 0 Å². The molecule has 1 aliphatic carbocycles. The Hall–Kier alpha value is -0.960. The molecule has 7 nitrogen and oxygen atoms in total. The van der Waals surface area contributed by atoms with E-state index in [9.17, 15) is 8.42 Å². The Bertz CT molecular complexity index is 600. The summed E-state index contributed by atoms with van der Waals surface area (Å²) in [7, 11) is -1.96. The quantitative estimate of drug-likeness (QED) is 0.787. The highest BCUT2D eigenvalue weighted by atomic mass is 32.2. The summed E-state index contributed by atoms with van der Waals surface area (Å²) in [5, 5.41) is 0.123. The number of nitrogens with zero attached hydrogens (tertiary/aromatic N) is 1. The van der Waals surface area contributed by atoms with Crippen LogP contribution >= 0.6 is 0 Å². The molecule has 21 heavy (non-hydrogen) atoms. The summed E-state index contributed by atoms with van der Waals surface area (Å²) < 4.78 is 38.5. The molecule has 0 amide bonds. The van der Waals surface area contributed by atoms with Gasteiger partial charge < -0.3 is 14.5 Å². The van der Waals surface area contributed by atoms with E-state index in [4.69, 9.17) is 9.47 Å². The number of ether oxygens (including phenoxy) is 2. The zero-order valence-electron chi connectivity index (χ0n) is 12.2. The Morgan fingerprint density at radius 3 is 3.05 bits per heavy atom. The van der Waals surface area contributed by atoms with Gasteiger partial charge in [0.2, 0.25) is 0 Å². The Labute approximate surface area is 124 Å². The summed E-state index contributed by atoms with van der Waals surface area (Å²) in [4.78, 5) is 6.89. The van der Waals surface area contributed by atoms with Crippen LogP contribution < -0.4 is 4.72 Å². The molecule has 8 heteroatoms. The van der Waals surface area contributed by atoms with Gasteiger partial charge in [0.25, 0.3) is 10.0 Å². The lowest BCUT2D eigenvalue weighted by molar-refractivity contribution is -0.0775. The van der Waals surface area contributed by atoms with Crippen molar-refractivity contribution in [1.82, 2.24) is 14.7 Å². The summed E-state index contributed by atoms with van der Waals surface area (Å²) >= 11 is 0. The predicted molar refractivity (Wildman–Crippen MR) is 75.3 cm³/mol. The third kappa shape index (κ3) is 2.61. The first kappa shape index (κ1) is 15.0. The van der Waals surface area contributed by atoms with E-state index in [1.165, 1.54) is 6.20 Å². The predicted octanol–water partition coefficient (Wildman–Crippen LogP) is 0.300. The monoisotopic (exact) mass is 315 g/mol. The number of aromatic amines is 1. The van der Waals surface area contributed by atoms with Crippen molar-refractivity contribution in [3.8, 4) is 0 Å². The van der Waals surface area contributed by atoms with Crippen molar-refractivity contribution in [2.24, 2.45) is 11.8 Å². The average Bonchev–Trinajstić information content (AvgIpc) is 3.09. The van der Waals surface area contributed by atoms with E-state index >= 15 is 0 Å². The highest BCUT2D eigenvalue weighted by Crippen LogP contribution is 2.44. The third-order valence-electron chi connectivity index (χ3n) is 4.41. The molecule has 0 spiro atoms. The number of H-pyrrole nitrogens is 1. The molecule has 3 rings (SSSR count). The summed E-state index contributed by atoms with van der Waals surface area (Å²) in [5.74, 6) is 0.985. The van der Waals surface area contributed by atoms with Gasteiger partial charge in [-0.1, -0.05) is 6.92 Å². The molecule has 1 saturated carbocycles. The summed E-state index contributed by atoms with van der Waals surface area (Å²) in [6.07, 6.45) is 3.05. The van der Waals surface area contributed by atoms with Crippen LogP contribution in [0.1, 0.15) is 19.2 Å². The van der Waals surface area contributed by atoms with E-state index in [0.29, 0.717) is 25.5 Å². The molecule has 0 radical (unpaired) electrons. The normalized spacial score (nSPS) is 31.9. The number of hydrogen-bond acceptors (Lipinski definition) is 5. The molecule has 0 aromatic carbocycles. The molecule has 1 aromatic rings. The van der Waals surface area contributed by atoms with Crippen LogP contribution in [0.5, 0.6) is 0 Å². The fraction of sp³-hybridized carbons (Fsp3) is 0.769. The van der Waals surface area contributed by atoms with Crippen LogP contribution in [0, 0.1) is 11.8 Å². The minimum absolute atomic E-state index is 0.0749. The molecule has 1 aromatic heterocycles. The first-order chi connectivity index (χ1) is 10.1. The van der Waals surface area contributed by atoms with Crippen LogP contribution in [0.4, 0.5) is 0 Å². The van der Waals surface area contributed by atoms with Gasteiger partial charge in [0.05, 0.1) is 18.9 Å². The second-order valence-corrected chi connectivity index (χ2v) is 7.28. The Morgan fingerprint density at radius 1 is 1.57 bits per heavy atom. The van der Waals surface area contributed by atoms with Crippen molar-refractivity contribution < 1.29 is 17.9 Å². The zero-order chi connectivity index (χ0) is 15.0. The average molecular weight is 315 g/mol. The van der Waals surface area contributed by atoms with Crippen molar-refractivity contribution in [2.45, 2.75) is 36.9 Å². The van der Waals surface area contributed by atoms with Gasteiger partial charge in [0.15, 0.2) is 5.03 Å². The minimum Gasteiger partial charge on any atom is -0.384 e. The van der Waals surface area contributed by atoms with E-state index in [-0.39, 0.29) is 29.0 Å². The van der Waals surface area contributed by atoms with Crippen LogP contribution in [0.2, 0.25) is 0 Å². The first-order valence-electron chi connectivity index (χ1n) is 7.23. The van der Waals surface area contributed by atoms with Gasteiger partial charge in [-0.2, -0.15) is 0 Å². The fourth-order valence-corrected chi connectivity index (χ4v) is 4.58. The highest BCUT2D eigenvalue weighted by molar-refractivity contribution is 7.89. The fourth-order valence-electron chi connectivity index (χ4n) is 3.30. The van der Waals surface area contributed by atoms with Crippen LogP contribution in [0.25, 0.3) is 0 Å². The van der Waals surface area contributed by atoms with Gasteiger partial charge >= 0.3 is 0 Å². The number of sulfonamides is 1. The number of aromatic nitrogens is 2. The van der Waals surface area contributed by atoms with Gasteiger partial charge in [0, 0.05) is 38.0 Å². The minimum atomic E-state index is -3.58. The van der Waals surface area contributed by atoms with Crippen LogP contribution in [-0.4, -0.2) is 50.9 Å². The van der Waals surface area contributed by atoms with Crippen molar-refractivity contribution in [3.05, 3.63) is 12.0 Å². The van der Waals surface area contributed by atoms with E-state index in [1.54, 1.807) is 7.11 Å². The molecule has 0 bridgehead atoms. The van der Waals surface area contributed by atoms with Crippen LogP contribution in [0.3, 0.4) is 0 Å². The summed E-state index contributed by atoms with van der Waals surface area (Å²) in [6, 6.07) is -0.129. The summed E-state index contributed by atoms with van der Waals surface area (Å²) in [6.45, 7) is 3.11. The second kappa shape index (κ2) is 5.68. The van der Waals surface area contributed by atoms with Crippen LogP contribution in [0.15, 0.2) is 11.2 Å². The molecule has 2 fully saturated rings. The van der Waals surface area contributed by atoms with Gasteiger partial charge in [-0.05, 0) is 6.42 Å². The lowest BCUT2D eigenvalue weighted by atomic mass is 9.68. The second-order valence-electron chi connectivity index (χ2n) is 5.60.